The summed E-state index contributed by atoms with van der Waals surface area (Å²) in [7, 11) is -4.10. The highest BCUT2D eigenvalue weighted by Gasteiger charge is 2.27. The molecular weight excluding hydrogens is 507 g/mol. The zero-order valence-corrected chi connectivity index (χ0v) is 20.6. The number of halogens is 3. The van der Waals surface area contributed by atoms with E-state index in [-0.39, 0.29) is 27.0 Å². The first-order valence-corrected chi connectivity index (χ1v) is 12.6. The zero-order valence-electron chi connectivity index (χ0n) is 17.5. The highest BCUT2D eigenvalue weighted by atomic mass is 35.5. The third-order valence-corrected chi connectivity index (χ3v) is 6.93. The van der Waals surface area contributed by atoms with E-state index in [1.165, 1.54) is 30.3 Å². The summed E-state index contributed by atoms with van der Waals surface area (Å²) >= 11 is 18.3. The van der Waals surface area contributed by atoms with Crippen molar-refractivity contribution in [3.8, 4) is 5.75 Å². The van der Waals surface area contributed by atoms with Crippen LogP contribution in [-0.2, 0) is 21.2 Å². The number of anilines is 1. The number of ether oxygens (including phenoxy) is 1. The normalized spacial score (nSPS) is 12.2. The fourth-order valence-electron chi connectivity index (χ4n) is 3.03. The lowest BCUT2D eigenvalue weighted by molar-refractivity contribution is -0.117. The maximum atomic E-state index is 13.1. The lowest BCUT2D eigenvalue weighted by Crippen LogP contribution is -2.45. The molecule has 0 saturated heterocycles. The van der Waals surface area contributed by atoms with E-state index in [9.17, 15) is 13.2 Å². The van der Waals surface area contributed by atoms with Crippen LogP contribution in [0.1, 0.15) is 12.5 Å². The number of amides is 1. The van der Waals surface area contributed by atoms with Crippen molar-refractivity contribution in [2.24, 2.45) is 0 Å². The number of carbonyl (C=O) groups is 1. The molecule has 0 aromatic heterocycles. The standard InChI is InChI=1S/C23H21Cl3N2O4S/c1-2-32-22-11-9-17(14-19(22)26)33(30,31)28-21(12-15-6-4-3-5-7-15)23(29)27-20-13-16(24)8-10-18(20)25/h3-11,13-14,21,28H,2,12H2,1H3,(H,27,29). The summed E-state index contributed by atoms with van der Waals surface area (Å²) in [6.45, 7) is 2.18. The van der Waals surface area contributed by atoms with Gasteiger partial charge in [0, 0.05) is 5.02 Å². The Morgan fingerprint density at radius 2 is 1.70 bits per heavy atom. The first kappa shape index (κ1) is 25.3. The van der Waals surface area contributed by atoms with Crippen molar-refractivity contribution in [2.75, 3.05) is 11.9 Å². The second-order valence-electron chi connectivity index (χ2n) is 7.00. The SMILES string of the molecule is CCOc1ccc(S(=O)(=O)NC(Cc2ccccc2)C(=O)Nc2cc(Cl)ccc2Cl)cc1Cl. The molecule has 0 fully saturated rings. The monoisotopic (exact) mass is 526 g/mol. The predicted octanol–water partition coefficient (Wildman–Crippen LogP) is 5.57. The van der Waals surface area contributed by atoms with Crippen LogP contribution in [0.4, 0.5) is 5.69 Å². The molecule has 3 aromatic rings. The zero-order chi connectivity index (χ0) is 24.0. The van der Waals surface area contributed by atoms with Gasteiger partial charge in [-0.3, -0.25) is 4.79 Å². The molecule has 33 heavy (non-hydrogen) atoms. The summed E-state index contributed by atoms with van der Waals surface area (Å²) in [5.41, 5.74) is 1.04. The van der Waals surface area contributed by atoms with Crippen molar-refractivity contribution in [1.82, 2.24) is 4.72 Å². The van der Waals surface area contributed by atoms with Gasteiger partial charge in [0.1, 0.15) is 11.8 Å². The molecule has 3 rings (SSSR count). The van der Waals surface area contributed by atoms with E-state index in [2.05, 4.69) is 10.0 Å². The molecule has 0 radical (unpaired) electrons. The van der Waals surface area contributed by atoms with Crippen molar-refractivity contribution in [2.45, 2.75) is 24.3 Å². The fraction of sp³-hybridized carbons (Fsp3) is 0.174. The van der Waals surface area contributed by atoms with Gasteiger partial charge in [0.25, 0.3) is 0 Å². The van der Waals surface area contributed by atoms with Crippen LogP contribution in [0.2, 0.25) is 15.1 Å². The van der Waals surface area contributed by atoms with Crippen molar-refractivity contribution in [1.29, 1.82) is 0 Å². The maximum Gasteiger partial charge on any atom is 0.242 e. The van der Waals surface area contributed by atoms with E-state index in [1.807, 2.05) is 6.07 Å². The number of hydrogen-bond acceptors (Lipinski definition) is 4. The Bertz CT molecular complexity index is 1240. The van der Waals surface area contributed by atoms with Crippen LogP contribution in [0.3, 0.4) is 0 Å². The third-order valence-electron chi connectivity index (χ3n) is 4.60. The predicted molar refractivity (Wildman–Crippen MR) is 132 cm³/mol. The molecule has 1 unspecified atom stereocenters. The van der Waals surface area contributed by atoms with Crippen LogP contribution < -0.4 is 14.8 Å². The summed E-state index contributed by atoms with van der Waals surface area (Å²) in [5.74, 6) is -0.226. The van der Waals surface area contributed by atoms with E-state index >= 15 is 0 Å². The maximum absolute atomic E-state index is 13.1. The number of carbonyl (C=O) groups excluding carboxylic acids is 1. The summed E-state index contributed by atoms with van der Waals surface area (Å²) in [6, 6.07) is 16.6. The van der Waals surface area contributed by atoms with Gasteiger partial charge in [-0.25, -0.2) is 8.42 Å². The summed E-state index contributed by atoms with van der Waals surface area (Å²) in [6.07, 6.45) is 0.106. The van der Waals surface area contributed by atoms with Crippen LogP contribution in [0.5, 0.6) is 5.75 Å². The Hall–Kier alpha value is -2.29. The first-order valence-electron chi connectivity index (χ1n) is 9.94. The molecule has 2 N–H and O–H groups in total. The van der Waals surface area contributed by atoms with Gasteiger partial charge in [0.15, 0.2) is 0 Å². The fourth-order valence-corrected chi connectivity index (χ4v) is 4.89. The second kappa shape index (κ2) is 11.2. The van der Waals surface area contributed by atoms with Crippen LogP contribution in [0.15, 0.2) is 71.6 Å². The molecule has 1 atom stereocenters. The highest BCUT2D eigenvalue weighted by Crippen LogP contribution is 2.28. The van der Waals surface area contributed by atoms with E-state index in [0.717, 1.165) is 5.56 Å². The third kappa shape index (κ3) is 6.85. The van der Waals surface area contributed by atoms with Gasteiger partial charge >= 0.3 is 0 Å². The van der Waals surface area contributed by atoms with Gasteiger partial charge in [-0.1, -0.05) is 65.1 Å². The average molecular weight is 528 g/mol. The van der Waals surface area contributed by atoms with Gasteiger partial charge in [0.2, 0.25) is 15.9 Å². The molecule has 3 aromatic carbocycles. The van der Waals surface area contributed by atoms with E-state index < -0.39 is 22.0 Å². The second-order valence-corrected chi connectivity index (χ2v) is 9.97. The molecule has 10 heteroatoms. The van der Waals surface area contributed by atoms with Crippen LogP contribution in [-0.4, -0.2) is 27.0 Å². The topological polar surface area (TPSA) is 84.5 Å². The largest absolute Gasteiger partial charge is 0.492 e. The molecule has 0 aliphatic rings. The Morgan fingerprint density at radius 3 is 2.36 bits per heavy atom. The minimum absolute atomic E-state index is 0.0948. The minimum atomic E-state index is -4.10. The van der Waals surface area contributed by atoms with E-state index in [1.54, 1.807) is 37.3 Å². The highest BCUT2D eigenvalue weighted by molar-refractivity contribution is 7.89. The molecule has 0 spiro atoms. The number of benzene rings is 3. The number of nitrogens with one attached hydrogen (secondary N) is 2. The van der Waals surface area contributed by atoms with Gasteiger partial charge in [0.05, 0.1) is 27.2 Å². The molecule has 0 aliphatic heterocycles. The summed E-state index contributed by atoms with van der Waals surface area (Å²) in [4.78, 5) is 13.0. The van der Waals surface area contributed by atoms with Gasteiger partial charge in [-0.15, -0.1) is 0 Å². The van der Waals surface area contributed by atoms with Crippen molar-refractivity contribution < 1.29 is 17.9 Å². The number of sulfonamides is 1. The molecule has 6 nitrogen and oxygen atoms in total. The van der Waals surface area contributed by atoms with Gasteiger partial charge in [-0.05, 0) is 55.3 Å². The van der Waals surface area contributed by atoms with Crippen molar-refractivity contribution in [3.63, 3.8) is 0 Å². The molecule has 0 bridgehead atoms. The van der Waals surface area contributed by atoms with Crippen LogP contribution >= 0.6 is 34.8 Å². The summed E-state index contributed by atoms with van der Waals surface area (Å²) < 4.78 is 34.0. The first-order chi connectivity index (χ1) is 15.7. The molecule has 0 heterocycles. The van der Waals surface area contributed by atoms with Crippen molar-refractivity contribution >= 4 is 56.4 Å². The van der Waals surface area contributed by atoms with E-state index in [0.29, 0.717) is 17.4 Å². The van der Waals surface area contributed by atoms with Crippen LogP contribution in [0.25, 0.3) is 0 Å². The number of rotatable bonds is 9. The average Bonchev–Trinajstić information content (AvgIpc) is 2.78. The van der Waals surface area contributed by atoms with Crippen LogP contribution in [0, 0.1) is 0 Å². The Balaban J connectivity index is 1.89. The van der Waals surface area contributed by atoms with E-state index in [4.69, 9.17) is 39.5 Å². The van der Waals surface area contributed by atoms with Gasteiger partial charge < -0.3 is 10.1 Å². The van der Waals surface area contributed by atoms with Gasteiger partial charge in [-0.2, -0.15) is 4.72 Å². The lowest BCUT2D eigenvalue weighted by Gasteiger charge is -2.20. The van der Waals surface area contributed by atoms with Crippen molar-refractivity contribution in [3.05, 3.63) is 87.4 Å². The minimum Gasteiger partial charge on any atom is -0.492 e. The summed E-state index contributed by atoms with van der Waals surface area (Å²) in [5, 5.41) is 3.45. The smallest absolute Gasteiger partial charge is 0.242 e. The molecule has 0 saturated carbocycles. The molecule has 0 aliphatic carbocycles. The Morgan fingerprint density at radius 1 is 0.970 bits per heavy atom. The number of hydrogen-bond donors (Lipinski definition) is 2. The molecule has 1 amide bonds. The lowest BCUT2D eigenvalue weighted by atomic mass is 10.1. The molecular formula is C23H21Cl3N2O4S. The quantitative estimate of drug-likeness (QED) is 0.381. The molecule has 174 valence electrons. The Labute approximate surface area is 207 Å². The Kier molecular flexibility index (Phi) is 8.62.